The summed E-state index contributed by atoms with van der Waals surface area (Å²) in [5, 5.41) is 0. The van der Waals surface area contributed by atoms with Crippen molar-refractivity contribution in [2.75, 3.05) is 0 Å². The Morgan fingerprint density at radius 1 is 0.326 bits per heavy atom. The van der Waals surface area contributed by atoms with E-state index in [0.717, 1.165) is 0 Å². The molecule has 0 aliphatic heterocycles. The second kappa shape index (κ2) is 12.5. The molecule has 0 N–H and O–H groups in total. The normalized spacial score (nSPS) is 11.3. The Bertz CT molecular complexity index is 2080. The lowest BCUT2D eigenvalue weighted by Gasteiger charge is -2.06. The summed E-state index contributed by atoms with van der Waals surface area (Å²) in [4.78, 5) is 10.6. The number of aryl methyl sites for hydroxylation is 2. The summed E-state index contributed by atoms with van der Waals surface area (Å²) >= 11 is 7.63. The molecule has 4 aromatic heterocycles. The Balaban J connectivity index is 1.36. The van der Waals surface area contributed by atoms with Gasteiger partial charge >= 0.3 is 0 Å². The van der Waals surface area contributed by atoms with Gasteiger partial charge in [0.05, 0.1) is 4.88 Å². The van der Waals surface area contributed by atoms with E-state index in [9.17, 15) is 0 Å². The van der Waals surface area contributed by atoms with Gasteiger partial charge in [0.1, 0.15) is 0 Å². The molecule has 0 aliphatic rings. The fraction of sp³-hybridized carbons (Fsp3) is 0.0476. The Morgan fingerprint density at radius 3 is 1.20 bits per heavy atom. The second-order valence-corrected chi connectivity index (χ2v) is 15.8. The van der Waals surface area contributed by atoms with Crippen molar-refractivity contribution in [3.63, 3.8) is 0 Å². The Hall–Kier alpha value is -4.32. The highest BCUT2D eigenvalue weighted by Crippen LogP contribution is 2.54. The molecule has 46 heavy (non-hydrogen) atoms. The van der Waals surface area contributed by atoms with Gasteiger partial charge in [0.25, 0.3) is 0 Å². The lowest BCUT2D eigenvalue weighted by molar-refractivity contribution is 1.55. The fourth-order valence-corrected chi connectivity index (χ4v) is 10.8. The van der Waals surface area contributed by atoms with Gasteiger partial charge in [0.2, 0.25) is 0 Å². The molecule has 0 aliphatic carbocycles. The predicted octanol–water partition coefficient (Wildman–Crippen LogP) is 14.2. The van der Waals surface area contributed by atoms with Crippen molar-refractivity contribution in [3.05, 3.63) is 156 Å². The van der Waals surface area contributed by atoms with Gasteiger partial charge in [-0.25, -0.2) is 0 Å². The van der Waals surface area contributed by atoms with Crippen LogP contribution in [-0.4, -0.2) is 0 Å². The van der Waals surface area contributed by atoms with Crippen molar-refractivity contribution in [3.8, 4) is 73.1 Å². The van der Waals surface area contributed by atoms with E-state index in [-0.39, 0.29) is 0 Å². The molecule has 4 heterocycles. The van der Waals surface area contributed by atoms with Gasteiger partial charge in [0.15, 0.2) is 0 Å². The average molecular weight is 663 g/mol. The summed E-state index contributed by atoms with van der Waals surface area (Å²) in [7, 11) is 0. The minimum Gasteiger partial charge on any atom is -0.140 e. The van der Waals surface area contributed by atoms with Crippen molar-refractivity contribution < 1.29 is 0 Å². The van der Waals surface area contributed by atoms with E-state index in [1.165, 1.54) is 83.5 Å². The molecule has 8 rings (SSSR count). The Labute approximate surface area is 286 Å². The van der Waals surface area contributed by atoms with Crippen molar-refractivity contribution in [1.29, 1.82) is 0 Å². The van der Waals surface area contributed by atoms with Crippen LogP contribution in [0.2, 0.25) is 0 Å². The van der Waals surface area contributed by atoms with Crippen LogP contribution >= 0.6 is 45.3 Å². The molecule has 0 fully saturated rings. The summed E-state index contributed by atoms with van der Waals surface area (Å²) < 4.78 is 0. The summed E-state index contributed by atoms with van der Waals surface area (Å²) in [5.74, 6) is 0. The van der Waals surface area contributed by atoms with Crippen LogP contribution < -0.4 is 0 Å². The van der Waals surface area contributed by atoms with E-state index in [4.69, 9.17) is 0 Å². The minimum absolute atomic E-state index is 1.26. The molecule has 0 saturated heterocycles. The number of thiophene rings is 4. The van der Waals surface area contributed by atoms with E-state index >= 15 is 0 Å². The summed E-state index contributed by atoms with van der Waals surface area (Å²) in [6.45, 7) is 4.54. The standard InChI is InChI=1S/C42H30S4/c1-27-23-36(29-15-7-3-8-16-29)44-40(27)42-35(26-39(46-42)32-21-13-6-14-22-32)41-34(25-38(45-41)31-19-11-5-12-20-31)33-24-37(43-28(33)2)30-17-9-4-10-18-30/h3-26H,1-2H3. The third-order valence-corrected chi connectivity index (χ3v) is 13.2. The maximum Gasteiger partial charge on any atom is 0.0538 e. The van der Waals surface area contributed by atoms with Gasteiger partial charge in [0, 0.05) is 45.3 Å². The van der Waals surface area contributed by atoms with Gasteiger partial charge < -0.3 is 0 Å². The van der Waals surface area contributed by atoms with E-state index in [0.29, 0.717) is 0 Å². The maximum absolute atomic E-state index is 2.45. The molecule has 0 bridgehead atoms. The van der Waals surface area contributed by atoms with Crippen molar-refractivity contribution in [2.45, 2.75) is 13.8 Å². The first-order valence-corrected chi connectivity index (χ1v) is 18.6. The largest absolute Gasteiger partial charge is 0.140 e. The topological polar surface area (TPSA) is 0 Å². The lowest BCUT2D eigenvalue weighted by Crippen LogP contribution is -1.80. The van der Waals surface area contributed by atoms with Crippen LogP contribution in [0.1, 0.15) is 10.4 Å². The smallest absolute Gasteiger partial charge is 0.0538 e. The Kier molecular flexibility index (Phi) is 7.89. The van der Waals surface area contributed by atoms with E-state index in [2.05, 4.69) is 159 Å². The molecule has 8 aromatic rings. The molecule has 0 nitrogen and oxygen atoms in total. The van der Waals surface area contributed by atoms with Crippen LogP contribution in [0.25, 0.3) is 73.1 Å². The molecular weight excluding hydrogens is 633 g/mol. The van der Waals surface area contributed by atoms with Crippen LogP contribution in [0, 0.1) is 13.8 Å². The maximum atomic E-state index is 2.45. The molecule has 0 amide bonds. The van der Waals surface area contributed by atoms with Crippen LogP contribution in [0.4, 0.5) is 0 Å². The van der Waals surface area contributed by atoms with Crippen molar-refractivity contribution in [2.24, 2.45) is 0 Å². The van der Waals surface area contributed by atoms with Crippen LogP contribution in [0.15, 0.2) is 146 Å². The zero-order chi connectivity index (χ0) is 31.0. The first kappa shape index (κ1) is 29.1. The highest BCUT2D eigenvalue weighted by atomic mass is 32.1. The van der Waals surface area contributed by atoms with E-state index in [1.54, 1.807) is 0 Å². The first-order valence-electron chi connectivity index (χ1n) is 15.3. The highest BCUT2D eigenvalue weighted by Gasteiger charge is 2.24. The van der Waals surface area contributed by atoms with Gasteiger partial charge in [-0.05, 0) is 71.5 Å². The Morgan fingerprint density at radius 2 is 0.696 bits per heavy atom. The van der Waals surface area contributed by atoms with Crippen LogP contribution in [0.3, 0.4) is 0 Å². The number of hydrogen-bond donors (Lipinski definition) is 0. The monoisotopic (exact) mass is 662 g/mol. The molecular formula is C42H30S4. The average Bonchev–Trinajstić information content (AvgIpc) is 3.91. The quantitative estimate of drug-likeness (QED) is 0.159. The molecule has 0 radical (unpaired) electrons. The third-order valence-electron chi connectivity index (χ3n) is 8.27. The highest BCUT2D eigenvalue weighted by molar-refractivity contribution is 7.26. The number of hydrogen-bond acceptors (Lipinski definition) is 4. The number of rotatable bonds is 7. The summed E-state index contributed by atoms with van der Waals surface area (Å²) in [5.41, 5.74) is 10.3. The molecule has 0 spiro atoms. The van der Waals surface area contributed by atoms with Crippen molar-refractivity contribution in [1.82, 2.24) is 0 Å². The SMILES string of the molecule is Cc1cc(-c2ccccc2)sc1-c1sc(-c2ccccc2)cc1-c1sc(-c2ccccc2)cc1-c1cc(-c2ccccc2)sc1C. The minimum atomic E-state index is 1.26. The van der Waals surface area contributed by atoms with Gasteiger partial charge in [-0.2, -0.15) is 0 Å². The fourth-order valence-electron chi connectivity index (χ4n) is 5.96. The van der Waals surface area contributed by atoms with Crippen LogP contribution in [0.5, 0.6) is 0 Å². The third kappa shape index (κ3) is 5.52. The zero-order valence-electron chi connectivity index (χ0n) is 25.5. The van der Waals surface area contributed by atoms with E-state index < -0.39 is 0 Å². The molecule has 0 saturated carbocycles. The van der Waals surface area contributed by atoms with Gasteiger partial charge in [-0.1, -0.05) is 121 Å². The summed E-state index contributed by atoms with van der Waals surface area (Å²) in [6.07, 6.45) is 0. The molecule has 0 unspecified atom stereocenters. The molecule has 4 heteroatoms. The van der Waals surface area contributed by atoms with Gasteiger partial charge in [-0.3, -0.25) is 0 Å². The van der Waals surface area contributed by atoms with Crippen LogP contribution in [-0.2, 0) is 0 Å². The lowest BCUT2D eigenvalue weighted by atomic mass is 10.00. The van der Waals surface area contributed by atoms with Crippen molar-refractivity contribution >= 4 is 45.3 Å². The second-order valence-electron chi connectivity index (χ2n) is 11.4. The molecule has 222 valence electrons. The number of benzene rings is 4. The van der Waals surface area contributed by atoms with E-state index in [1.807, 2.05) is 45.3 Å². The van der Waals surface area contributed by atoms with Gasteiger partial charge in [-0.15, -0.1) is 45.3 Å². The predicted molar refractivity (Wildman–Crippen MR) is 205 cm³/mol. The zero-order valence-corrected chi connectivity index (χ0v) is 28.8. The summed E-state index contributed by atoms with van der Waals surface area (Å²) in [6, 6.07) is 52.9. The first-order chi connectivity index (χ1) is 22.6. The molecule has 0 atom stereocenters. The molecule has 4 aromatic carbocycles.